The Hall–Kier alpha value is -2.77. The molecule has 0 unspecified atom stereocenters. The number of nitrogens with zero attached hydrogens (tertiary/aromatic N) is 1. The molecular formula is C17H24N4O4. The quantitative estimate of drug-likeness (QED) is 0.778. The summed E-state index contributed by atoms with van der Waals surface area (Å²) in [6.45, 7) is 5.86. The standard InChI is InChI=1S/C17H24N4O4/c1-17(2,3)25-16(24)21-10-4-5-13(21)14(22)19-11-6-8-12(9-7-11)20-15(18)23/h6-9,13H,4-5,10H2,1-3H3,(H,19,22)(H3,18,20,23)/t13-/m1/s1. The summed E-state index contributed by atoms with van der Waals surface area (Å²) >= 11 is 0. The average Bonchev–Trinajstić information content (AvgIpc) is 2.96. The number of benzene rings is 1. The number of hydrogen-bond acceptors (Lipinski definition) is 4. The molecule has 1 heterocycles. The zero-order valence-electron chi connectivity index (χ0n) is 14.7. The smallest absolute Gasteiger partial charge is 0.410 e. The van der Waals surface area contributed by atoms with Crippen molar-refractivity contribution in [1.82, 2.24) is 4.90 Å². The molecule has 0 bridgehead atoms. The molecule has 8 nitrogen and oxygen atoms in total. The minimum atomic E-state index is -0.657. The lowest BCUT2D eigenvalue weighted by molar-refractivity contribution is -0.120. The van der Waals surface area contributed by atoms with Crippen LogP contribution in [0.25, 0.3) is 0 Å². The van der Waals surface area contributed by atoms with Gasteiger partial charge in [0.1, 0.15) is 11.6 Å². The highest BCUT2D eigenvalue weighted by molar-refractivity contribution is 5.97. The number of nitrogens with one attached hydrogen (secondary N) is 2. The summed E-state index contributed by atoms with van der Waals surface area (Å²) in [6.07, 6.45) is 0.858. The van der Waals surface area contributed by atoms with E-state index in [-0.39, 0.29) is 5.91 Å². The molecule has 2 rings (SSSR count). The molecule has 0 saturated carbocycles. The third kappa shape index (κ3) is 5.37. The van der Waals surface area contributed by atoms with Crippen LogP contribution in [-0.2, 0) is 9.53 Å². The Morgan fingerprint density at radius 3 is 2.20 bits per heavy atom. The second-order valence-corrected chi connectivity index (χ2v) is 6.89. The van der Waals surface area contributed by atoms with E-state index >= 15 is 0 Å². The monoisotopic (exact) mass is 348 g/mol. The van der Waals surface area contributed by atoms with E-state index in [0.717, 1.165) is 6.42 Å². The molecule has 1 saturated heterocycles. The summed E-state index contributed by atoms with van der Waals surface area (Å²) in [4.78, 5) is 37.0. The van der Waals surface area contributed by atoms with Gasteiger partial charge in [0.05, 0.1) is 0 Å². The average molecular weight is 348 g/mol. The van der Waals surface area contributed by atoms with Gasteiger partial charge >= 0.3 is 12.1 Å². The molecule has 1 aliphatic rings. The predicted octanol–water partition coefficient (Wildman–Crippen LogP) is 2.52. The molecule has 1 fully saturated rings. The van der Waals surface area contributed by atoms with Gasteiger partial charge in [-0.25, -0.2) is 9.59 Å². The van der Waals surface area contributed by atoms with Crippen LogP contribution in [0.2, 0.25) is 0 Å². The molecule has 0 spiro atoms. The van der Waals surface area contributed by atoms with Crippen LogP contribution in [0.4, 0.5) is 21.0 Å². The number of primary amides is 1. The predicted molar refractivity (Wildman–Crippen MR) is 94.2 cm³/mol. The molecule has 0 radical (unpaired) electrons. The zero-order valence-corrected chi connectivity index (χ0v) is 14.7. The first-order valence-electron chi connectivity index (χ1n) is 8.13. The van der Waals surface area contributed by atoms with E-state index in [4.69, 9.17) is 10.5 Å². The second-order valence-electron chi connectivity index (χ2n) is 6.89. The summed E-state index contributed by atoms with van der Waals surface area (Å²) in [5.74, 6) is -0.265. The molecule has 0 aromatic heterocycles. The van der Waals surface area contributed by atoms with Crippen molar-refractivity contribution in [2.75, 3.05) is 17.2 Å². The number of carbonyl (C=O) groups excluding carboxylic acids is 3. The molecule has 0 aliphatic carbocycles. The lowest BCUT2D eigenvalue weighted by atomic mass is 10.2. The Morgan fingerprint density at radius 2 is 1.68 bits per heavy atom. The Labute approximate surface area is 146 Å². The van der Waals surface area contributed by atoms with E-state index in [1.165, 1.54) is 4.90 Å². The molecule has 25 heavy (non-hydrogen) atoms. The maximum absolute atomic E-state index is 12.5. The fourth-order valence-electron chi connectivity index (χ4n) is 2.58. The highest BCUT2D eigenvalue weighted by Crippen LogP contribution is 2.22. The number of ether oxygens (including phenoxy) is 1. The van der Waals surface area contributed by atoms with Crippen molar-refractivity contribution in [2.24, 2.45) is 5.73 Å². The van der Waals surface area contributed by atoms with Crippen LogP contribution in [0.3, 0.4) is 0 Å². The van der Waals surface area contributed by atoms with Crippen LogP contribution >= 0.6 is 0 Å². The summed E-state index contributed by atoms with van der Waals surface area (Å²) in [5, 5.41) is 5.22. The minimum absolute atomic E-state index is 0.265. The van der Waals surface area contributed by atoms with E-state index in [9.17, 15) is 14.4 Å². The largest absolute Gasteiger partial charge is 0.444 e. The lowest BCUT2D eigenvalue weighted by Gasteiger charge is -2.28. The van der Waals surface area contributed by atoms with Crippen molar-refractivity contribution in [2.45, 2.75) is 45.3 Å². The number of rotatable bonds is 3. The third-order valence-electron chi connectivity index (χ3n) is 3.60. The van der Waals surface area contributed by atoms with Crippen LogP contribution in [0.5, 0.6) is 0 Å². The lowest BCUT2D eigenvalue weighted by Crippen LogP contribution is -2.45. The Balaban J connectivity index is 1.99. The van der Waals surface area contributed by atoms with Gasteiger partial charge in [-0.3, -0.25) is 9.69 Å². The Morgan fingerprint density at radius 1 is 1.12 bits per heavy atom. The van der Waals surface area contributed by atoms with Gasteiger partial charge in [-0.2, -0.15) is 0 Å². The van der Waals surface area contributed by atoms with Crippen molar-refractivity contribution in [3.05, 3.63) is 24.3 Å². The second kappa shape index (κ2) is 7.42. The highest BCUT2D eigenvalue weighted by Gasteiger charge is 2.36. The molecule has 1 aromatic rings. The van der Waals surface area contributed by atoms with Gasteiger partial charge in [-0.05, 0) is 57.9 Å². The molecule has 1 aromatic carbocycles. The van der Waals surface area contributed by atoms with E-state index in [1.54, 1.807) is 45.0 Å². The van der Waals surface area contributed by atoms with Crippen LogP contribution in [-0.4, -0.2) is 41.1 Å². The molecule has 4 amide bonds. The normalized spacial score (nSPS) is 17.1. The number of nitrogens with two attached hydrogens (primary N) is 1. The van der Waals surface area contributed by atoms with Crippen molar-refractivity contribution in [1.29, 1.82) is 0 Å². The summed E-state index contributed by atoms with van der Waals surface area (Å²) in [7, 11) is 0. The topological polar surface area (TPSA) is 114 Å². The number of hydrogen-bond donors (Lipinski definition) is 3. The first-order valence-corrected chi connectivity index (χ1v) is 8.13. The van der Waals surface area contributed by atoms with Crippen molar-refractivity contribution in [3.8, 4) is 0 Å². The number of anilines is 2. The van der Waals surface area contributed by atoms with E-state index in [2.05, 4.69) is 10.6 Å². The van der Waals surface area contributed by atoms with E-state index < -0.39 is 23.8 Å². The summed E-state index contributed by atoms with van der Waals surface area (Å²) in [6, 6.07) is 5.33. The van der Waals surface area contributed by atoms with Gasteiger partial charge in [0.2, 0.25) is 5.91 Å². The number of carbonyl (C=O) groups is 3. The number of likely N-dealkylation sites (tertiary alicyclic amines) is 1. The Kier molecular flexibility index (Phi) is 5.51. The maximum Gasteiger partial charge on any atom is 0.410 e. The van der Waals surface area contributed by atoms with Crippen LogP contribution in [0, 0.1) is 0 Å². The number of urea groups is 1. The van der Waals surface area contributed by atoms with E-state index in [1.807, 2.05) is 0 Å². The van der Waals surface area contributed by atoms with Crippen molar-refractivity contribution in [3.63, 3.8) is 0 Å². The molecule has 136 valence electrons. The van der Waals surface area contributed by atoms with Gasteiger partial charge in [0.15, 0.2) is 0 Å². The minimum Gasteiger partial charge on any atom is -0.444 e. The fraction of sp³-hybridized carbons (Fsp3) is 0.471. The third-order valence-corrected chi connectivity index (χ3v) is 3.60. The first kappa shape index (κ1) is 18.6. The van der Waals surface area contributed by atoms with Gasteiger partial charge in [-0.1, -0.05) is 0 Å². The Bertz CT molecular complexity index is 652. The zero-order chi connectivity index (χ0) is 18.6. The number of amides is 4. The fourth-order valence-corrected chi connectivity index (χ4v) is 2.58. The van der Waals surface area contributed by atoms with Crippen LogP contribution in [0.1, 0.15) is 33.6 Å². The molecule has 1 atom stereocenters. The van der Waals surface area contributed by atoms with Crippen molar-refractivity contribution < 1.29 is 19.1 Å². The molecular weight excluding hydrogens is 324 g/mol. The first-order chi connectivity index (χ1) is 11.7. The molecule has 4 N–H and O–H groups in total. The van der Waals surface area contributed by atoms with E-state index in [0.29, 0.717) is 24.3 Å². The van der Waals surface area contributed by atoms with Crippen molar-refractivity contribution >= 4 is 29.4 Å². The van der Waals surface area contributed by atoms with Crippen LogP contribution in [0.15, 0.2) is 24.3 Å². The van der Waals surface area contributed by atoms with Gasteiger partial charge in [0.25, 0.3) is 0 Å². The highest BCUT2D eigenvalue weighted by atomic mass is 16.6. The summed E-state index contributed by atoms with van der Waals surface area (Å²) < 4.78 is 5.36. The van der Waals surface area contributed by atoms with Gasteiger partial charge < -0.3 is 21.1 Å². The van der Waals surface area contributed by atoms with Crippen LogP contribution < -0.4 is 16.4 Å². The molecule has 8 heteroatoms. The summed E-state index contributed by atoms with van der Waals surface area (Å²) in [5.41, 5.74) is 5.53. The SMILES string of the molecule is CC(C)(C)OC(=O)N1CCC[C@@H]1C(=O)Nc1ccc(NC(N)=O)cc1. The molecule has 1 aliphatic heterocycles. The van der Waals surface area contributed by atoms with Gasteiger partial charge in [0, 0.05) is 17.9 Å². The van der Waals surface area contributed by atoms with Gasteiger partial charge in [-0.15, -0.1) is 0 Å². The maximum atomic E-state index is 12.5.